The molecule has 1 aliphatic rings. The molecule has 1 heterocycles. The molecule has 0 aromatic rings. The van der Waals surface area contributed by atoms with Crippen molar-refractivity contribution in [1.82, 2.24) is 5.32 Å². The summed E-state index contributed by atoms with van der Waals surface area (Å²) in [5.74, 6) is -0.714. The van der Waals surface area contributed by atoms with Gasteiger partial charge in [0, 0.05) is 0 Å². The number of hydrogen-bond donors (Lipinski definition) is 8. The molecule has 0 spiro atoms. The highest BCUT2D eigenvalue weighted by Crippen LogP contribution is 2.23. The summed E-state index contributed by atoms with van der Waals surface area (Å²) in [5.41, 5.74) is 0. The molecule has 0 saturated carbocycles. The first-order chi connectivity index (χ1) is 22.2. The summed E-state index contributed by atoms with van der Waals surface area (Å²) in [6.45, 7) is 3.31. The van der Waals surface area contributed by atoms with Crippen molar-refractivity contribution in [3.8, 4) is 0 Å². The number of hydrogen-bond acceptors (Lipinski definition) is 10. The van der Waals surface area contributed by atoms with Crippen LogP contribution in [-0.4, -0.2) is 110 Å². The second kappa shape index (κ2) is 26.8. The largest absolute Gasteiger partial charge is 0.394 e. The van der Waals surface area contributed by atoms with Gasteiger partial charge in [0.2, 0.25) is 5.91 Å². The van der Waals surface area contributed by atoms with Crippen LogP contribution in [0.1, 0.15) is 136 Å². The Hall–Kier alpha value is -1.15. The predicted octanol–water partition coefficient (Wildman–Crippen LogP) is 3.38. The number of allylic oxidation sites excluding steroid dienone is 2. The molecule has 11 nitrogen and oxygen atoms in total. The van der Waals surface area contributed by atoms with Crippen LogP contribution in [0, 0.1) is 0 Å². The van der Waals surface area contributed by atoms with E-state index in [1.54, 1.807) is 0 Å². The highest BCUT2D eigenvalue weighted by Gasteiger charge is 2.44. The van der Waals surface area contributed by atoms with Crippen molar-refractivity contribution in [1.29, 1.82) is 0 Å². The maximum absolute atomic E-state index is 12.9. The Bertz CT molecular complexity index is 770. The number of carbonyl (C=O) groups is 1. The van der Waals surface area contributed by atoms with Gasteiger partial charge in [0.05, 0.1) is 25.4 Å². The van der Waals surface area contributed by atoms with Gasteiger partial charge in [-0.2, -0.15) is 0 Å². The average molecular weight is 662 g/mol. The molecule has 1 aliphatic heterocycles. The average Bonchev–Trinajstić information content (AvgIpc) is 3.05. The highest BCUT2D eigenvalue weighted by atomic mass is 16.7. The number of ether oxygens (including phenoxy) is 2. The van der Waals surface area contributed by atoms with Gasteiger partial charge in [-0.25, -0.2) is 0 Å². The summed E-state index contributed by atoms with van der Waals surface area (Å²) in [6.07, 6.45) is 11.6. The number of aliphatic hydroxyl groups excluding tert-OH is 7. The number of amides is 1. The van der Waals surface area contributed by atoms with E-state index in [1.807, 2.05) is 0 Å². The van der Waals surface area contributed by atoms with Crippen molar-refractivity contribution in [3.05, 3.63) is 12.2 Å². The van der Waals surface area contributed by atoms with E-state index >= 15 is 0 Å². The molecule has 11 heteroatoms. The molecular weight excluding hydrogens is 594 g/mol. The van der Waals surface area contributed by atoms with Crippen molar-refractivity contribution in [2.75, 3.05) is 13.2 Å². The standard InChI is InChI=1S/C35H67NO10/c1-3-5-7-9-11-13-14-15-17-18-20-22-27(38)30(40)26(25-45-35-33(43)32(42)31(41)29(24-37)46-35)36-34(44)28(39)23-21-19-16-12-10-8-6-4-2/h15,17,26-33,35,37-43H,3-14,16,18-25H2,1-2H3,(H,36,44). The smallest absolute Gasteiger partial charge is 0.249 e. The molecule has 1 rings (SSSR count). The molecule has 1 saturated heterocycles. The van der Waals surface area contributed by atoms with E-state index in [2.05, 4.69) is 31.3 Å². The van der Waals surface area contributed by atoms with Crippen LogP contribution < -0.4 is 5.32 Å². The summed E-state index contributed by atoms with van der Waals surface area (Å²) < 4.78 is 11.0. The minimum absolute atomic E-state index is 0.255. The lowest BCUT2D eigenvalue weighted by atomic mass is 9.98. The van der Waals surface area contributed by atoms with Crippen LogP contribution in [0.25, 0.3) is 0 Å². The minimum atomic E-state index is -1.66. The SMILES string of the molecule is CCCCCCCCC=CCCCC(O)C(O)C(COC1OC(CO)C(O)C(O)C1O)NC(=O)C(O)CCCCCCCCCC. The summed E-state index contributed by atoms with van der Waals surface area (Å²) in [6, 6.07) is -1.17. The van der Waals surface area contributed by atoms with Crippen LogP contribution in [-0.2, 0) is 14.3 Å². The Morgan fingerprint density at radius 1 is 0.739 bits per heavy atom. The first-order valence-corrected chi connectivity index (χ1v) is 18.1. The second-order valence-electron chi connectivity index (χ2n) is 12.9. The van der Waals surface area contributed by atoms with Crippen molar-refractivity contribution in [2.24, 2.45) is 0 Å². The Labute approximate surface area is 277 Å². The molecule has 0 bridgehead atoms. The van der Waals surface area contributed by atoms with E-state index in [0.717, 1.165) is 38.5 Å². The zero-order valence-corrected chi connectivity index (χ0v) is 28.6. The molecule has 1 amide bonds. The van der Waals surface area contributed by atoms with Gasteiger partial charge >= 0.3 is 0 Å². The van der Waals surface area contributed by atoms with Crippen molar-refractivity contribution in [3.63, 3.8) is 0 Å². The summed E-state index contributed by atoms with van der Waals surface area (Å²) in [4.78, 5) is 12.9. The molecule has 0 aromatic heterocycles. The lowest BCUT2D eigenvalue weighted by molar-refractivity contribution is -0.303. The van der Waals surface area contributed by atoms with Crippen LogP contribution in [0.4, 0.5) is 0 Å². The van der Waals surface area contributed by atoms with Crippen molar-refractivity contribution >= 4 is 5.91 Å². The molecule has 0 radical (unpaired) electrons. The van der Waals surface area contributed by atoms with Gasteiger partial charge in [0.15, 0.2) is 6.29 Å². The number of unbranched alkanes of at least 4 members (excludes halogenated alkanes) is 14. The normalized spacial score (nSPS) is 24.6. The maximum Gasteiger partial charge on any atom is 0.249 e. The quantitative estimate of drug-likeness (QED) is 0.0456. The van der Waals surface area contributed by atoms with Crippen LogP contribution >= 0.6 is 0 Å². The highest BCUT2D eigenvalue weighted by molar-refractivity contribution is 5.80. The van der Waals surface area contributed by atoms with E-state index < -0.39 is 74.2 Å². The van der Waals surface area contributed by atoms with Gasteiger partial charge in [-0.3, -0.25) is 4.79 Å². The zero-order valence-electron chi connectivity index (χ0n) is 28.6. The van der Waals surface area contributed by atoms with E-state index in [4.69, 9.17) is 9.47 Å². The summed E-state index contributed by atoms with van der Waals surface area (Å²) in [7, 11) is 0. The summed E-state index contributed by atoms with van der Waals surface area (Å²) >= 11 is 0. The van der Waals surface area contributed by atoms with E-state index in [0.29, 0.717) is 12.8 Å². The Morgan fingerprint density at radius 2 is 1.28 bits per heavy atom. The molecule has 0 aliphatic carbocycles. The van der Waals surface area contributed by atoms with Crippen LogP contribution in [0.2, 0.25) is 0 Å². The van der Waals surface area contributed by atoms with E-state index in [1.165, 1.54) is 57.8 Å². The predicted molar refractivity (Wildman–Crippen MR) is 178 cm³/mol. The molecule has 9 unspecified atom stereocenters. The Morgan fingerprint density at radius 3 is 1.87 bits per heavy atom. The lowest BCUT2D eigenvalue weighted by Crippen LogP contribution is -2.60. The molecule has 272 valence electrons. The third-order valence-electron chi connectivity index (χ3n) is 8.82. The van der Waals surface area contributed by atoms with Gasteiger partial charge in [-0.05, 0) is 38.5 Å². The summed E-state index contributed by atoms with van der Waals surface area (Å²) in [5, 5.41) is 74.8. The zero-order chi connectivity index (χ0) is 34.2. The number of rotatable bonds is 28. The lowest BCUT2D eigenvalue weighted by Gasteiger charge is -2.40. The fraction of sp³-hybridized carbons (Fsp3) is 0.914. The molecular formula is C35H67NO10. The number of aliphatic hydroxyl groups is 7. The van der Waals surface area contributed by atoms with Gasteiger partial charge in [-0.15, -0.1) is 0 Å². The first-order valence-electron chi connectivity index (χ1n) is 18.1. The van der Waals surface area contributed by atoms with Crippen LogP contribution in [0.3, 0.4) is 0 Å². The van der Waals surface area contributed by atoms with Gasteiger partial charge in [0.25, 0.3) is 0 Å². The number of carbonyl (C=O) groups excluding carboxylic acids is 1. The van der Waals surface area contributed by atoms with Gasteiger partial charge < -0.3 is 50.5 Å². The van der Waals surface area contributed by atoms with Crippen molar-refractivity contribution in [2.45, 2.75) is 191 Å². The first kappa shape index (κ1) is 42.9. The monoisotopic (exact) mass is 661 g/mol. The fourth-order valence-corrected chi connectivity index (χ4v) is 5.67. The van der Waals surface area contributed by atoms with E-state index in [9.17, 15) is 40.5 Å². The molecule has 9 atom stereocenters. The van der Waals surface area contributed by atoms with Crippen molar-refractivity contribution < 1.29 is 50.0 Å². The number of nitrogens with one attached hydrogen (secondary N) is 1. The topological polar surface area (TPSA) is 189 Å². The minimum Gasteiger partial charge on any atom is -0.394 e. The molecule has 8 N–H and O–H groups in total. The third-order valence-corrected chi connectivity index (χ3v) is 8.82. The fourth-order valence-electron chi connectivity index (χ4n) is 5.67. The van der Waals surface area contributed by atoms with Gasteiger partial charge in [0.1, 0.15) is 36.6 Å². The Balaban J connectivity index is 2.65. The van der Waals surface area contributed by atoms with Crippen LogP contribution in [0.5, 0.6) is 0 Å². The van der Waals surface area contributed by atoms with Crippen LogP contribution in [0.15, 0.2) is 12.2 Å². The molecule has 46 heavy (non-hydrogen) atoms. The molecule has 1 fully saturated rings. The van der Waals surface area contributed by atoms with E-state index in [-0.39, 0.29) is 12.8 Å². The van der Waals surface area contributed by atoms with Gasteiger partial charge in [-0.1, -0.05) is 109 Å². The Kier molecular flexibility index (Phi) is 24.9. The maximum atomic E-state index is 12.9. The third kappa shape index (κ3) is 17.8. The molecule has 0 aromatic carbocycles. The second-order valence-corrected chi connectivity index (χ2v) is 12.9.